The first-order chi connectivity index (χ1) is 8.24. The molecule has 0 spiro atoms. The highest BCUT2D eigenvalue weighted by molar-refractivity contribution is 9.10. The second kappa shape index (κ2) is 5.73. The summed E-state index contributed by atoms with van der Waals surface area (Å²) >= 11 is 3.19. The van der Waals surface area contributed by atoms with Crippen molar-refractivity contribution in [2.45, 2.75) is 26.1 Å². The summed E-state index contributed by atoms with van der Waals surface area (Å²) in [6, 6.07) is 4.29. The monoisotopic (exact) mass is 323 g/mol. The van der Waals surface area contributed by atoms with E-state index < -0.39 is 12.7 Å². The number of aldehydes is 1. The lowest BCUT2D eigenvalue weighted by Crippen LogP contribution is -2.39. The summed E-state index contributed by atoms with van der Waals surface area (Å²) in [4.78, 5) is 12.1. The summed E-state index contributed by atoms with van der Waals surface area (Å²) in [5.74, 6) is 0. The van der Waals surface area contributed by atoms with Gasteiger partial charge >= 0.3 is 6.18 Å². The predicted octanol–water partition coefficient (Wildman–Crippen LogP) is 4.04. The molecule has 0 aliphatic heterocycles. The van der Waals surface area contributed by atoms with E-state index in [-0.39, 0.29) is 11.6 Å². The molecular formula is C12H13BrF3NO. The summed E-state index contributed by atoms with van der Waals surface area (Å²) in [7, 11) is 0. The highest BCUT2D eigenvalue weighted by Gasteiger charge is 2.32. The third kappa shape index (κ3) is 4.01. The van der Waals surface area contributed by atoms with E-state index in [9.17, 15) is 18.0 Å². The van der Waals surface area contributed by atoms with Crippen molar-refractivity contribution >= 4 is 27.9 Å². The van der Waals surface area contributed by atoms with Gasteiger partial charge in [0, 0.05) is 21.8 Å². The zero-order chi connectivity index (χ0) is 13.9. The standard InChI is InChI=1S/C12H13BrF3NO/c1-8(2)17(7-12(14,15)16)11-4-3-10(13)5-9(11)6-18/h3-6,8H,7H2,1-2H3. The average molecular weight is 324 g/mol. The first-order valence-electron chi connectivity index (χ1n) is 5.32. The summed E-state index contributed by atoms with van der Waals surface area (Å²) in [6.45, 7) is 2.23. The minimum atomic E-state index is -4.31. The van der Waals surface area contributed by atoms with Crippen LogP contribution in [0.5, 0.6) is 0 Å². The molecule has 1 rings (SSSR count). The minimum absolute atomic E-state index is 0.238. The largest absolute Gasteiger partial charge is 0.405 e. The maximum Gasteiger partial charge on any atom is 0.405 e. The Labute approximate surface area is 112 Å². The highest BCUT2D eigenvalue weighted by atomic mass is 79.9. The molecule has 0 N–H and O–H groups in total. The van der Waals surface area contributed by atoms with Gasteiger partial charge in [-0.3, -0.25) is 4.79 Å². The van der Waals surface area contributed by atoms with Gasteiger partial charge in [-0.2, -0.15) is 13.2 Å². The number of hydrogen-bond acceptors (Lipinski definition) is 2. The topological polar surface area (TPSA) is 20.3 Å². The van der Waals surface area contributed by atoms with Gasteiger partial charge in [-0.25, -0.2) is 0 Å². The van der Waals surface area contributed by atoms with E-state index in [1.807, 2.05) is 0 Å². The van der Waals surface area contributed by atoms with Gasteiger partial charge in [0.05, 0.1) is 0 Å². The van der Waals surface area contributed by atoms with E-state index in [1.165, 1.54) is 12.1 Å². The van der Waals surface area contributed by atoms with Gasteiger partial charge < -0.3 is 4.90 Å². The Bertz CT molecular complexity index is 432. The molecule has 100 valence electrons. The number of benzene rings is 1. The number of halogens is 4. The quantitative estimate of drug-likeness (QED) is 0.779. The van der Waals surface area contributed by atoms with Crippen molar-refractivity contribution in [1.29, 1.82) is 0 Å². The van der Waals surface area contributed by atoms with Gasteiger partial charge in [0.15, 0.2) is 6.29 Å². The fourth-order valence-electron chi connectivity index (χ4n) is 1.62. The van der Waals surface area contributed by atoms with Gasteiger partial charge in [0.2, 0.25) is 0 Å². The predicted molar refractivity (Wildman–Crippen MR) is 68.1 cm³/mol. The van der Waals surface area contributed by atoms with Crippen LogP contribution in [0.1, 0.15) is 24.2 Å². The zero-order valence-corrected chi connectivity index (χ0v) is 11.5. The van der Waals surface area contributed by atoms with Crippen molar-refractivity contribution in [1.82, 2.24) is 0 Å². The number of anilines is 1. The Hall–Kier alpha value is -1.04. The van der Waals surface area contributed by atoms with E-state index in [2.05, 4.69) is 15.9 Å². The molecule has 1 aromatic carbocycles. The van der Waals surface area contributed by atoms with E-state index in [1.54, 1.807) is 19.9 Å². The molecule has 18 heavy (non-hydrogen) atoms. The smallest absolute Gasteiger partial charge is 0.360 e. The Morgan fingerprint density at radius 1 is 1.39 bits per heavy atom. The lowest BCUT2D eigenvalue weighted by atomic mass is 10.1. The van der Waals surface area contributed by atoms with Crippen molar-refractivity contribution in [3.8, 4) is 0 Å². The summed E-state index contributed by atoms with van der Waals surface area (Å²) < 4.78 is 38.2. The third-order valence-corrected chi connectivity index (χ3v) is 2.89. The van der Waals surface area contributed by atoms with Gasteiger partial charge in [-0.15, -0.1) is 0 Å². The van der Waals surface area contributed by atoms with Gasteiger partial charge in [-0.1, -0.05) is 15.9 Å². The van der Waals surface area contributed by atoms with Crippen LogP contribution in [0.25, 0.3) is 0 Å². The first-order valence-corrected chi connectivity index (χ1v) is 6.12. The molecule has 0 fully saturated rings. The molecule has 0 radical (unpaired) electrons. The van der Waals surface area contributed by atoms with Crippen LogP contribution in [0.4, 0.5) is 18.9 Å². The minimum Gasteiger partial charge on any atom is -0.360 e. The maximum atomic E-state index is 12.5. The normalized spacial score (nSPS) is 11.7. The summed E-state index contributed by atoms with van der Waals surface area (Å²) in [5, 5.41) is 0. The molecule has 0 unspecified atom stereocenters. The highest BCUT2D eigenvalue weighted by Crippen LogP contribution is 2.28. The van der Waals surface area contributed by atoms with Crippen LogP contribution in [0, 0.1) is 0 Å². The lowest BCUT2D eigenvalue weighted by Gasteiger charge is -2.30. The van der Waals surface area contributed by atoms with Crippen LogP contribution in [0.2, 0.25) is 0 Å². The second-order valence-electron chi connectivity index (χ2n) is 4.16. The van der Waals surface area contributed by atoms with E-state index in [0.29, 0.717) is 16.4 Å². The summed E-state index contributed by atoms with van der Waals surface area (Å²) in [6.07, 6.45) is -3.75. The molecule has 0 aliphatic rings. The Balaban J connectivity index is 3.17. The number of hydrogen-bond donors (Lipinski definition) is 0. The fraction of sp³-hybridized carbons (Fsp3) is 0.417. The number of carbonyl (C=O) groups excluding carboxylic acids is 1. The Morgan fingerprint density at radius 2 is 2.00 bits per heavy atom. The maximum absolute atomic E-state index is 12.5. The van der Waals surface area contributed by atoms with E-state index in [0.717, 1.165) is 4.90 Å². The number of rotatable bonds is 4. The van der Waals surface area contributed by atoms with E-state index in [4.69, 9.17) is 0 Å². The average Bonchev–Trinajstić information content (AvgIpc) is 2.24. The molecule has 0 atom stereocenters. The third-order valence-electron chi connectivity index (χ3n) is 2.40. The van der Waals surface area contributed by atoms with Gasteiger partial charge in [0.1, 0.15) is 6.54 Å². The van der Waals surface area contributed by atoms with Crippen molar-refractivity contribution < 1.29 is 18.0 Å². The molecule has 0 saturated heterocycles. The second-order valence-corrected chi connectivity index (χ2v) is 5.07. The number of carbonyl (C=O) groups is 1. The molecule has 0 heterocycles. The number of nitrogens with zero attached hydrogens (tertiary/aromatic N) is 1. The van der Waals surface area contributed by atoms with Crippen molar-refractivity contribution in [2.24, 2.45) is 0 Å². The zero-order valence-electron chi connectivity index (χ0n) is 9.96. The molecule has 1 aromatic rings. The fourth-order valence-corrected chi connectivity index (χ4v) is 2.00. The number of alkyl halides is 3. The molecule has 0 amide bonds. The molecule has 0 aliphatic carbocycles. The molecule has 0 saturated carbocycles. The van der Waals surface area contributed by atoms with Crippen LogP contribution in [-0.4, -0.2) is 25.0 Å². The van der Waals surface area contributed by atoms with Crippen molar-refractivity contribution in [3.63, 3.8) is 0 Å². The molecule has 0 aromatic heterocycles. The Morgan fingerprint density at radius 3 is 2.44 bits per heavy atom. The van der Waals surface area contributed by atoms with Crippen LogP contribution in [0.15, 0.2) is 22.7 Å². The van der Waals surface area contributed by atoms with Crippen molar-refractivity contribution in [2.75, 3.05) is 11.4 Å². The lowest BCUT2D eigenvalue weighted by molar-refractivity contribution is -0.120. The van der Waals surface area contributed by atoms with Crippen molar-refractivity contribution in [3.05, 3.63) is 28.2 Å². The van der Waals surface area contributed by atoms with Gasteiger partial charge in [-0.05, 0) is 32.0 Å². The van der Waals surface area contributed by atoms with Crippen LogP contribution < -0.4 is 4.90 Å². The molecule has 6 heteroatoms. The first kappa shape index (κ1) is 15.0. The molecule has 2 nitrogen and oxygen atoms in total. The summed E-state index contributed by atoms with van der Waals surface area (Å²) in [5.41, 5.74) is 0.530. The van der Waals surface area contributed by atoms with Gasteiger partial charge in [0.25, 0.3) is 0 Å². The molecular weight excluding hydrogens is 311 g/mol. The molecule has 0 bridgehead atoms. The SMILES string of the molecule is CC(C)N(CC(F)(F)F)c1ccc(Br)cc1C=O. The van der Waals surface area contributed by atoms with Crippen LogP contribution in [-0.2, 0) is 0 Å². The Kier molecular flexibility index (Phi) is 4.78. The van der Waals surface area contributed by atoms with E-state index >= 15 is 0 Å². The van der Waals surface area contributed by atoms with Crippen LogP contribution >= 0.6 is 15.9 Å². The van der Waals surface area contributed by atoms with Crippen LogP contribution in [0.3, 0.4) is 0 Å².